The maximum absolute atomic E-state index is 12.0. The van der Waals surface area contributed by atoms with Crippen molar-refractivity contribution in [1.82, 2.24) is 0 Å². The van der Waals surface area contributed by atoms with E-state index < -0.39 is 11.9 Å². The summed E-state index contributed by atoms with van der Waals surface area (Å²) in [5.74, 6) is -0.962. The van der Waals surface area contributed by atoms with Crippen LogP contribution in [0.25, 0.3) is 11.1 Å². The van der Waals surface area contributed by atoms with E-state index in [0.29, 0.717) is 11.1 Å². The van der Waals surface area contributed by atoms with E-state index in [1.807, 2.05) is 24.3 Å². The highest BCUT2D eigenvalue weighted by molar-refractivity contribution is 9.10. The molecule has 0 unspecified atom stereocenters. The molecule has 0 N–H and O–H groups in total. The molecule has 0 spiro atoms. The summed E-state index contributed by atoms with van der Waals surface area (Å²) in [5.41, 5.74) is 2.27. The van der Waals surface area contributed by atoms with Crippen molar-refractivity contribution < 1.29 is 19.1 Å². The molecule has 5 heteroatoms. The summed E-state index contributed by atoms with van der Waals surface area (Å²) in [5, 5.41) is 0. The third kappa shape index (κ3) is 3.74. The zero-order valence-corrected chi connectivity index (χ0v) is 13.8. The number of ether oxygens (including phenoxy) is 2. The number of halogens is 1. The number of carbonyl (C=O) groups excluding carboxylic acids is 2. The Balaban J connectivity index is 2.52. The van der Waals surface area contributed by atoms with Gasteiger partial charge in [0.25, 0.3) is 0 Å². The lowest BCUT2D eigenvalue weighted by molar-refractivity contribution is 0.0526. The number of carbonyl (C=O) groups is 2. The van der Waals surface area contributed by atoms with Crippen molar-refractivity contribution in [3.05, 3.63) is 58.1 Å². The second kappa shape index (κ2) is 7.22. The Morgan fingerprint density at radius 3 is 2.09 bits per heavy atom. The van der Waals surface area contributed by atoms with E-state index in [1.54, 1.807) is 19.1 Å². The lowest BCUT2D eigenvalue weighted by Crippen LogP contribution is -2.08. The van der Waals surface area contributed by atoms with Crippen LogP contribution in [0.1, 0.15) is 27.6 Å². The van der Waals surface area contributed by atoms with Gasteiger partial charge in [0, 0.05) is 4.47 Å². The van der Waals surface area contributed by atoms with E-state index in [4.69, 9.17) is 9.47 Å². The van der Waals surface area contributed by atoms with Crippen LogP contribution in [0.4, 0.5) is 0 Å². The molecule has 0 saturated heterocycles. The minimum absolute atomic E-state index is 0.273. The molecule has 0 aliphatic heterocycles. The second-order valence-corrected chi connectivity index (χ2v) is 5.43. The molecule has 0 aromatic heterocycles. The molecule has 0 aliphatic rings. The van der Waals surface area contributed by atoms with Gasteiger partial charge in [0.1, 0.15) is 0 Å². The summed E-state index contributed by atoms with van der Waals surface area (Å²) in [4.78, 5) is 23.8. The minimum atomic E-state index is -0.496. The largest absolute Gasteiger partial charge is 0.465 e. The third-order valence-corrected chi connectivity index (χ3v) is 3.57. The number of rotatable bonds is 4. The molecule has 4 nitrogen and oxygen atoms in total. The van der Waals surface area contributed by atoms with E-state index in [1.165, 1.54) is 13.2 Å². The fourth-order valence-electron chi connectivity index (χ4n) is 2.00. The second-order valence-electron chi connectivity index (χ2n) is 4.52. The maximum atomic E-state index is 12.0. The average molecular weight is 363 g/mol. The Bertz CT molecular complexity index is 692. The van der Waals surface area contributed by atoms with Crippen molar-refractivity contribution in [2.75, 3.05) is 13.7 Å². The predicted octanol–water partition coefficient (Wildman–Crippen LogP) is 4.08. The highest BCUT2D eigenvalue weighted by Gasteiger charge is 2.15. The summed E-state index contributed by atoms with van der Waals surface area (Å²) in [6.07, 6.45) is 0. The molecular formula is C17H15BrO4. The van der Waals surface area contributed by atoms with Crippen molar-refractivity contribution >= 4 is 27.9 Å². The highest BCUT2D eigenvalue weighted by Crippen LogP contribution is 2.25. The van der Waals surface area contributed by atoms with E-state index in [0.717, 1.165) is 15.6 Å². The fourth-order valence-corrected chi connectivity index (χ4v) is 2.27. The van der Waals surface area contributed by atoms with E-state index >= 15 is 0 Å². The van der Waals surface area contributed by atoms with Crippen LogP contribution >= 0.6 is 15.9 Å². The quantitative estimate of drug-likeness (QED) is 0.769. The van der Waals surface area contributed by atoms with Gasteiger partial charge in [-0.3, -0.25) is 0 Å². The molecule has 0 bridgehead atoms. The SMILES string of the molecule is CCOC(=O)c1cc(C(=O)OC)cc(-c2ccc(Br)cc2)c1. The van der Waals surface area contributed by atoms with Crippen LogP contribution in [-0.2, 0) is 9.47 Å². The van der Waals surface area contributed by atoms with Crippen molar-refractivity contribution in [1.29, 1.82) is 0 Å². The molecule has 0 fully saturated rings. The third-order valence-electron chi connectivity index (χ3n) is 3.04. The Kier molecular flexibility index (Phi) is 5.33. The molecule has 2 rings (SSSR count). The first-order valence-corrected chi connectivity index (χ1v) is 7.51. The van der Waals surface area contributed by atoms with E-state index in [9.17, 15) is 9.59 Å². The van der Waals surface area contributed by atoms with E-state index in [2.05, 4.69) is 15.9 Å². The number of hydrogen-bond donors (Lipinski definition) is 0. The van der Waals surface area contributed by atoms with Gasteiger partial charge in [0.2, 0.25) is 0 Å². The molecule has 2 aromatic rings. The number of esters is 2. The fraction of sp³-hybridized carbons (Fsp3) is 0.176. The Hall–Kier alpha value is -2.14. The molecule has 22 heavy (non-hydrogen) atoms. The van der Waals surface area contributed by atoms with Gasteiger partial charge in [-0.1, -0.05) is 28.1 Å². The smallest absolute Gasteiger partial charge is 0.338 e. The first kappa shape index (κ1) is 16.2. The van der Waals surface area contributed by atoms with E-state index in [-0.39, 0.29) is 6.61 Å². The van der Waals surface area contributed by atoms with Crippen molar-refractivity contribution in [3.8, 4) is 11.1 Å². The van der Waals surface area contributed by atoms with Gasteiger partial charge >= 0.3 is 11.9 Å². The lowest BCUT2D eigenvalue weighted by Gasteiger charge is -2.09. The molecule has 114 valence electrons. The van der Waals surface area contributed by atoms with Crippen molar-refractivity contribution in [3.63, 3.8) is 0 Å². The highest BCUT2D eigenvalue weighted by atomic mass is 79.9. The number of hydrogen-bond acceptors (Lipinski definition) is 4. The molecule has 0 atom stereocenters. The minimum Gasteiger partial charge on any atom is -0.465 e. The molecule has 0 saturated carbocycles. The van der Waals surface area contributed by atoms with Gasteiger partial charge < -0.3 is 9.47 Å². The van der Waals surface area contributed by atoms with Crippen molar-refractivity contribution in [2.24, 2.45) is 0 Å². The molecule has 0 heterocycles. The van der Waals surface area contributed by atoms with Gasteiger partial charge in [-0.05, 0) is 48.4 Å². The van der Waals surface area contributed by atoms with Crippen molar-refractivity contribution in [2.45, 2.75) is 6.92 Å². The van der Waals surface area contributed by atoms with Gasteiger partial charge in [0.15, 0.2) is 0 Å². The van der Waals surface area contributed by atoms with Gasteiger partial charge in [-0.25, -0.2) is 9.59 Å². The van der Waals surface area contributed by atoms with Crippen LogP contribution in [0, 0.1) is 0 Å². The lowest BCUT2D eigenvalue weighted by atomic mass is 10.00. The van der Waals surface area contributed by atoms with Crippen LogP contribution in [-0.4, -0.2) is 25.7 Å². The molecule has 2 aromatic carbocycles. The molecule has 0 radical (unpaired) electrons. The van der Waals surface area contributed by atoms with Gasteiger partial charge in [-0.2, -0.15) is 0 Å². The molecule has 0 aliphatic carbocycles. The summed E-state index contributed by atoms with van der Waals surface area (Å²) >= 11 is 3.38. The van der Waals surface area contributed by atoms with Crippen LogP contribution in [0.2, 0.25) is 0 Å². The molecule has 0 amide bonds. The van der Waals surface area contributed by atoms with Gasteiger partial charge in [-0.15, -0.1) is 0 Å². The first-order chi connectivity index (χ1) is 10.5. The summed E-state index contributed by atoms with van der Waals surface area (Å²) in [6.45, 7) is 2.01. The van der Waals surface area contributed by atoms with Crippen LogP contribution in [0.5, 0.6) is 0 Å². The summed E-state index contributed by atoms with van der Waals surface area (Å²) in [7, 11) is 1.30. The van der Waals surface area contributed by atoms with Gasteiger partial charge in [0.05, 0.1) is 24.8 Å². The topological polar surface area (TPSA) is 52.6 Å². The Labute approximate surface area is 137 Å². The summed E-state index contributed by atoms with van der Waals surface area (Å²) < 4.78 is 10.7. The normalized spacial score (nSPS) is 10.1. The molecular weight excluding hydrogens is 348 g/mol. The Morgan fingerprint density at radius 1 is 0.955 bits per heavy atom. The summed E-state index contributed by atoms with van der Waals surface area (Å²) in [6, 6.07) is 12.5. The zero-order chi connectivity index (χ0) is 16.1. The van der Waals surface area contributed by atoms with Crippen LogP contribution in [0.15, 0.2) is 46.9 Å². The van der Waals surface area contributed by atoms with Crippen LogP contribution < -0.4 is 0 Å². The standard InChI is InChI=1S/C17H15BrO4/c1-3-22-17(20)14-9-12(8-13(10-14)16(19)21-2)11-4-6-15(18)7-5-11/h4-10H,3H2,1-2H3. The average Bonchev–Trinajstić information content (AvgIpc) is 2.54. The first-order valence-electron chi connectivity index (χ1n) is 6.71. The number of methoxy groups -OCH3 is 1. The maximum Gasteiger partial charge on any atom is 0.338 e. The zero-order valence-electron chi connectivity index (χ0n) is 12.3. The number of benzene rings is 2. The Morgan fingerprint density at radius 2 is 1.55 bits per heavy atom. The monoisotopic (exact) mass is 362 g/mol. The van der Waals surface area contributed by atoms with Crippen LogP contribution in [0.3, 0.4) is 0 Å². The predicted molar refractivity (Wildman–Crippen MR) is 86.9 cm³/mol.